The zero-order valence-electron chi connectivity index (χ0n) is 19.5. The minimum absolute atomic E-state index is 0.111. The molecular formula is C22H37BN4O4. The van der Waals surface area contributed by atoms with Crippen molar-refractivity contribution in [3.63, 3.8) is 0 Å². The molecule has 1 heterocycles. The second-order valence-electron chi connectivity index (χ2n) is 7.77. The van der Waals surface area contributed by atoms with Gasteiger partial charge in [0, 0.05) is 12.4 Å². The van der Waals surface area contributed by atoms with Crippen molar-refractivity contribution in [1.29, 1.82) is 0 Å². The molecule has 1 unspecified atom stereocenters. The Hall–Kier alpha value is -2.52. The van der Waals surface area contributed by atoms with Gasteiger partial charge in [-0.25, -0.2) is 4.98 Å². The molecule has 0 spiro atoms. The van der Waals surface area contributed by atoms with Crippen molar-refractivity contribution in [2.45, 2.75) is 72.8 Å². The molecule has 0 saturated carbocycles. The summed E-state index contributed by atoms with van der Waals surface area (Å²) in [7, 11) is -1.66. The van der Waals surface area contributed by atoms with Crippen LogP contribution in [0.4, 0.5) is 0 Å². The van der Waals surface area contributed by atoms with E-state index in [4.69, 9.17) is 0 Å². The molecule has 0 bridgehead atoms. The second-order valence-corrected chi connectivity index (χ2v) is 7.77. The summed E-state index contributed by atoms with van der Waals surface area (Å²) >= 11 is 0. The van der Waals surface area contributed by atoms with E-state index in [-0.39, 0.29) is 11.6 Å². The third kappa shape index (κ3) is 13.4. The number of hydrogen-bond acceptors (Lipinski definition) is 6. The van der Waals surface area contributed by atoms with E-state index in [9.17, 15) is 19.6 Å². The molecule has 0 aromatic carbocycles. The van der Waals surface area contributed by atoms with Gasteiger partial charge in [0.25, 0.3) is 5.91 Å². The summed E-state index contributed by atoms with van der Waals surface area (Å²) in [5, 5.41) is 23.8. The van der Waals surface area contributed by atoms with Crippen molar-refractivity contribution in [3.05, 3.63) is 48.1 Å². The highest BCUT2D eigenvalue weighted by Crippen LogP contribution is 2.07. The summed E-state index contributed by atoms with van der Waals surface area (Å²) in [6, 6.07) is -0.794. The number of hydrogen-bond donors (Lipinski definition) is 4. The third-order valence-electron chi connectivity index (χ3n) is 4.14. The van der Waals surface area contributed by atoms with Gasteiger partial charge >= 0.3 is 7.12 Å². The number of nitrogens with one attached hydrogen (secondary N) is 2. The zero-order chi connectivity index (χ0) is 23.8. The fourth-order valence-electron chi connectivity index (χ4n) is 2.49. The number of rotatable bonds is 10. The number of nitrogens with zero attached hydrogens (tertiary/aromatic N) is 2. The SMILES string of the molecule is C/C=C\CC=C(C)C.CCC(NC(=O)c1cnccn1)C(=O)N[C@@H](CC(C)C)B(O)O. The van der Waals surface area contributed by atoms with E-state index in [1.807, 2.05) is 20.8 Å². The van der Waals surface area contributed by atoms with Crippen LogP contribution in [0.25, 0.3) is 0 Å². The van der Waals surface area contributed by atoms with Gasteiger partial charge in [0.15, 0.2) is 0 Å². The lowest BCUT2D eigenvalue weighted by atomic mass is 9.75. The lowest BCUT2D eigenvalue weighted by Crippen LogP contribution is -2.54. The van der Waals surface area contributed by atoms with Gasteiger partial charge in [-0.3, -0.25) is 14.6 Å². The Balaban J connectivity index is 0.000000954. The minimum Gasteiger partial charge on any atom is -0.426 e. The standard InChI is InChI=1S/C14H23BN4O4.C8H14/c1-4-10(18-14(21)11-8-16-5-6-17-11)13(20)19-12(15(22)23)7-9(2)3;1-4-5-6-7-8(2)3/h5-6,8-10,12,22-23H,4,7H2,1-3H3,(H,18,21)(H,19,20);4-5,7H,6H2,1-3H3/b;5-4-/t10?,12-;/m0./s1. The highest BCUT2D eigenvalue weighted by Gasteiger charge is 2.29. The van der Waals surface area contributed by atoms with Gasteiger partial charge in [-0.05, 0) is 46.0 Å². The molecule has 8 nitrogen and oxygen atoms in total. The van der Waals surface area contributed by atoms with E-state index in [1.54, 1.807) is 6.92 Å². The normalized spacial score (nSPS) is 12.4. The fraction of sp³-hybridized carbons (Fsp3) is 0.545. The van der Waals surface area contributed by atoms with Crippen LogP contribution in [0.3, 0.4) is 0 Å². The molecule has 4 N–H and O–H groups in total. The number of aromatic nitrogens is 2. The van der Waals surface area contributed by atoms with E-state index in [1.165, 1.54) is 24.2 Å². The molecule has 9 heteroatoms. The van der Waals surface area contributed by atoms with Crippen molar-refractivity contribution < 1.29 is 19.6 Å². The average molecular weight is 432 g/mol. The quantitative estimate of drug-likeness (QED) is 0.333. The molecule has 31 heavy (non-hydrogen) atoms. The van der Waals surface area contributed by atoms with Crippen molar-refractivity contribution >= 4 is 18.9 Å². The van der Waals surface area contributed by atoms with Crippen LogP contribution in [-0.2, 0) is 4.79 Å². The minimum atomic E-state index is -1.66. The Morgan fingerprint density at radius 3 is 2.32 bits per heavy atom. The monoisotopic (exact) mass is 432 g/mol. The molecule has 0 aliphatic carbocycles. The van der Waals surface area contributed by atoms with Crippen LogP contribution in [0.2, 0.25) is 0 Å². The van der Waals surface area contributed by atoms with Crippen molar-refractivity contribution in [1.82, 2.24) is 20.6 Å². The topological polar surface area (TPSA) is 124 Å². The second kappa shape index (κ2) is 16.2. The van der Waals surface area contributed by atoms with Crippen molar-refractivity contribution in [2.75, 3.05) is 0 Å². The Kier molecular flexibility index (Phi) is 14.9. The molecular weight excluding hydrogens is 395 g/mol. The van der Waals surface area contributed by atoms with Gasteiger partial charge in [0.05, 0.1) is 12.1 Å². The lowest BCUT2D eigenvalue weighted by Gasteiger charge is -2.23. The number of carbonyl (C=O) groups excluding carboxylic acids is 2. The first-order valence-electron chi connectivity index (χ1n) is 10.6. The molecule has 0 saturated heterocycles. The first-order chi connectivity index (χ1) is 14.6. The molecule has 0 aliphatic rings. The molecule has 1 aromatic rings. The molecule has 2 amide bonds. The molecule has 2 atom stereocenters. The van der Waals surface area contributed by atoms with Gasteiger partial charge in [0.2, 0.25) is 5.91 Å². The van der Waals surface area contributed by atoms with Crippen LogP contribution < -0.4 is 10.6 Å². The zero-order valence-corrected chi connectivity index (χ0v) is 19.5. The maximum Gasteiger partial charge on any atom is 0.475 e. The van der Waals surface area contributed by atoms with Gasteiger partial charge in [0.1, 0.15) is 11.7 Å². The molecule has 0 aliphatic heterocycles. The Bertz CT molecular complexity index is 705. The molecule has 0 fully saturated rings. The highest BCUT2D eigenvalue weighted by molar-refractivity contribution is 6.43. The van der Waals surface area contributed by atoms with Crippen LogP contribution >= 0.6 is 0 Å². The molecule has 0 radical (unpaired) electrons. The van der Waals surface area contributed by atoms with Crippen molar-refractivity contribution in [2.24, 2.45) is 5.92 Å². The van der Waals surface area contributed by atoms with E-state index in [0.717, 1.165) is 6.42 Å². The summed E-state index contributed by atoms with van der Waals surface area (Å²) in [5.74, 6) is -1.59. The number of carbonyl (C=O) groups is 2. The van der Waals surface area contributed by atoms with Crippen molar-refractivity contribution in [3.8, 4) is 0 Å². The van der Waals surface area contributed by atoms with Crippen LogP contribution in [0.5, 0.6) is 0 Å². The summed E-state index contributed by atoms with van der Waals surface area (Å²) in [6.07, 6.45) is 12.4. The van der Waals surface area contributed by atoms with Gasteiger partial charge in [-0.2, -0.15) is 0 Å². The van der Waals surface area contributed by atoms with Crippen LogP contribution in [-0.4, -0.2) is 50.9 Å². The maximum absolute atomic E-state index is 12.3. The smallest absolute Gasteiger partial charge is 0.426 e. The summed E-state index contributed by atoms with van der Waals surface area (Å²) in [5.41, 5.74) is 1.50. The summed E-state index contributed by atoms with van der Waals surface area (Å²) in [6.45, 7) is 11.8. The predicted octanol–water partition coefficient (Wildman–Crippen LogP) is 2.45. The molecule has 1 rings (SSSR count). The Morgan fingerprint density at radius 2 is 1.87 bits per heavy atom. The molecule has 1 aromatic heterocycles. The van der Waals surface area contributed by atoms with Crippen LogP contribution in [0, 0.1) is 5.92 Å². The first-order valence-corrected chi connectivity index (χ1v) is 10.6. The third-order valence-corrected chi connectivity index (χ3v) is 4.14. The summed E-state index contributed by atoms with van der Waals surface area (Å²) < 4.78 is 0. The van der Waals surface area contributed by atoms with Crippen LogP contribution in [0.15, 0.2) is 42.4 Å². The van der Waals surface area contributed by atoms with Crippen LogP contribution in [0.1, 0.15) is 71.3 Å². The van der Waals surface area contributed by atoms with E-state index >= 15 is 0 Å². The molecule has 172 valence electrons. The number of amides is 2. The van der Waals surface area contributed by atoms with Gasteiger partial charge in [-0.1, -0.05) is 44.6 Å². The number of allylic oxidation sites excluding steroid dienone is 4. The Labute approximate surface area is 186 Å². The Morgan fingerprint density at radius 1 is 1.19 bits per heavy atom. The van der Waals surface area contributed by atoms with E-state index in [2.05, 4.69) is 52.7 Å². The summed E-state index contributed by atoms with van der Waals surface area (Å²) in [4.78, 5) is 31.9. The largest absolute Gasteiger partial charge is 0.475 e. The maximum atomic E-state index is 12.3. The average Bonchev–Trinajstić information content (AvgIpc) is 2.72. The van der Waals surface area contributed by atoms with Gasteiger partial charge < -0.3 is 20.7 Å². The highest BCUT2D eigenvalue weighted by atomic mass is 16.4. The fourth-order valence-corrected chi connectivity index (χ4v) is 2.49. The van der Waals surface area contributed by atoms with Gasteiger partial charge in [-0.15, -0.1) is 0 Å². The first kappa shape index (κ1) is 28.5. The van der Waals surface area contributed by atoms with E-state index in [0.29, 0.717) is 12.8 Å². The lowest BCUT2D eigenvalue weighted by molar-refractivity contribution is -0.123. The van der Waals surface area contributed by atoms with E-state index < -0.39 is 30.9 Å². The predicted molar refractivity (Wildman–Crippen MR) is 124 cm³/mol.